The fraction of sp³-hybridized carbons (Fsp3) is 0.0625. The van der Waals surface area contributed by atoms with Crippen molar-refractivity contribution in [1.29, 1.82) is 0 Å². The number of nitrogens with one attached hydrogen (secondary N) is 1. The van der Waals surface area contributed by atoms with Gasteiger partial charge in [0.15, 0.2) is 0 Å². The van der Waals surface area contributed by atoms with Crippen LogP contribution in [0.2, 0.25) is 0 Å². The van der Waals surface area contributed by atoms with Crippen molar-refractivity contribution in [3.05, 3.63) is 71.8 Å². The van der Waals surface area contributed by atoms with Gasteiger partial charge in [-0.15, -0.1) is 0 Å². The Morgan fingerprint density at radius 3 is 2.56 bits per heavy atom. The second-order valence-electron chi connectivity index (χ2n) is 5.49. The molecule has 1 aliphatic carbocycles. The SMILES string of the molecule is O=S1(=O)NC2C=C/C(=N/OS(=O)(=O)c3ccccc3)c3cccc1c32. The summed E-state index contributed by atoms with van der Waals surface area (Å²) in [6.45, 7) is 0. The average Bonchev–Trinajstić information content (AvgIpc) is 2.87. The van der Waals surface area contributed by atoms with Crippen molar-refractivity contribution in [3.63, 3.8) is 0 Å². The lowest BCUT2D eigenvalue weighted by Crippen LogP contribution is -2.20. The first-order valence-electron chi connectivity index (χ1n) is 7.29. The fourth-order valence-electron chi connectivity index (χ4n) is 2.82. The zero-order valence-electron chi connectivity index (χ0n) is 12.7. The van der Waals surface area contributed by atoms with E-state index in [4.69, 9.17) is 4.28 Å². The molecule has 0 radical (unpaired) electrons. The molecule has 0 fully saturated rings. The average molecular weight is 376 g/mol. The summed E-state index contributed by atoms with van der Waals surface area (Å²) < 4.78 is 55.9. The Labute approximate surface area is 144 Å². The van der Waals surface area contributed by atoms with Gasteiger partial charge in [-0.05, 0) is 24.3 Å². The molecule has 1 heterocycles. The van der Waals surface area contributed by atoms with E-state index in [1.165, 1.54) is 24.3 Å². The maximum atomic E-state index is 12.2. The molecule has 7 nitrogen and oxygen atoms in total. The predicted octanol–water partition coefficient (Wildman–Crippen LogP) is 1.70. The number of allylic oxidation sites excluding steroid dienone is 1. The molecule has 2 aromatic rings. The van der Waals surface area contributed by atoms with Gasteiger partial charge < -0.3 is 0 Å². The van der Waals surface area contributed by atoms with Crippen LogP contribution < -0.4 is 4.72 Å². The molecular formula is C16H12N2O5S2. The summed E-state index contributed by atoms with van der Waals surface area (Å²) >= 11 is 0. The largest absolute Gasteiger partial charge is 0.358 e. The van der Waals surface area contributed by atoms with Gasteiger partial charge in [0, 0.05) is 11.1 Å². The van der Waals surface area contributed by atoms with Crippen molar-refractivity contribution in [3.8, 4) is 0 Å². The minimum absolute atomic E-state index is 0.0143. The van der Waals surface area contributed by atoms with Gasteiger partial charge in [0.1, 0.15) is 10.6 Å². The molecule has 0 amide bonds. The van der Waals surface area contributed by atoms with Gasteiger partial charge in [0.05, 0.1) is 10.9 Å². The first-order chi connectivity index (χ1) is 11.9. The number of rotatable bonds is 3. The maximum absolute atomic E-state index is 12.2. The molecule has 2 aliphatic rings. The minimum Gasteiger partial charge on any atom is -0.264 e. The summed E-state index contributed by atoms with van der Waals surface area (Å²) in [5, 5.41) is 3.74. The first-order valence-corrected chi connectivity index (χ1v) is 10.2. The molecule has 0 saturated heterocycles. The monoisotopic (exact) mass is 376 g/mol. The molecule has 0 bridgehead atoms. The number of nitrogens with zero attached hydrogens (tertiary/aromatic N) is 1. The van der Waals surface area contributed by atoms with Crippen LogP contribution in [0.3, 0.4) is 0 Å². The second-order valence-corrected chi connectivity index (χ2v) is 8.70. The van der Waals surface area contributed by atoms with Gasteiger partial charge in [0.2, 0.25) is 10.0 Å². The molecule has 25 heavy (non-hydrogen) atoms. The Morgan fingerprint density at radius 1 is 1.04 bits per heavy atom. The lowest BCUT2D eigenvalue weighted by Gasteiger charge is -2.15. The summed E-state index contributed by atoms with van der Waals surface area (Å²) in [6, 6.07) is 11.9. The standard InChI is InChI=1S/C16H12N2O5S2/c19-24(20)15-8-4-7-12-13(9-10-14(18-24)16(12)15)17-23-25(21,22)11-5-2-1-3-6-11/h1-10,14,18H/b17-13-. The van der Waals surface area contributed by atoms with Crippen LogP contribution in [-0.2, 0) is 24.4 Å². The fourth-order valence-corrected chi connectivity index (χ4v) is 5.02. The van der Waals surface area contributed by atoms with Crippen molar-refractivity contribution >= 4 is 25.9 Å². The Kier molecular flexibility index (Phi) is 3.53. The van der Waals surface area contributed by atoms with E-state index in [-0.39, 0.29) is 15.5 Å². The van der Waals surface area contributed by atoms with E-state index >= 15 is 0 Å². The number of oxime groups is 1. The molecule has 1 aliphatic heterocycles. The lowest BCUT2D eigenvalue weighted by atomic mass is 9.92. The Hall–Kier alpha value is -2.49. The van der Waals surface area contributed by atoms with Crippen LogP contribution in [0.15, 0.2) is 75.6 Å². The van der Waals surface area contributed by atoms with Gasteiger partial charge in [-0.25, -0.2) is 8.42 Å². The van der Waals surface area contributed by atoms with Gasteiger partial charge >= 0.3 is 10.1 Å². The Balaban J connectivity index is 1.74. The third kappa shape index (κ3) is 2.66. The van der Waals surface area contributed by atoms with Crippen LogP contribution in [0, 0.1) is 0 Å². The second kappa shape index (κ2) is 5.51. The third-order valence-electron chi connectivity index (χ3n) is 3.94. The zero-order valence-corrected chi connectivity index (χ0v) is 14.3. The van der Waals surface area contributed by atoms with Crippen LogP contribution in [0.1, 0.15) is 17.2 Å². The van der Waals surface area contributed by atoms with Crippen LogP contribution in [0.4, 0.5) is 0 Å². The van der Waals surface area contributed by atoms with Crippen LogP contribution >= 0.6 is 0 Å². The van der Waals surface area contributed by atoms with Crippen molar-refractivity contribution < 1.29 is 21.1 Å². The number of hydrogen-bond donors (Lipinski definition) is 1. The van der Waals surface area contributed by atoms with Gasteiger partial charge in [0.25, 0.3) is 0 Å². The molecule has 0 saturated carbocycles. The minimum atomic E-state index is -4.05. The topological polar surface area (TPSA) is 102 Å². The van der Waals surface area contributed by atoms with Crippen molar-refractivity contribution in [1.82, 2.24) is 4.72 Å². The molecule has 1 atom stereocenters. The number of sulfonamides is 1. The molecular weight excluding hydrogens is 364 g/mol. The molecule has 0 spiro atoms. The lowest BCUT2D eigenvalue weighted by molar-refractivity contribution is 0.339. The van der Waals surface area contributed by atoms with E-state index in [1.54, 1.807) is 36.4 Å². The Morgan fingerprint density at radius 2 is 1.80 bits per heavy atom. The molecule has 9 heteroatoms. The summed E-state index contributed by atoms with van der Waals surface area (Å²) in [6.07, 6.45) is 3.14. The molecule has 1 N–H and O–H groups in total. The third-order valence-corrected chi connectivity index (χ3v) is 6.56. The van der Waals surface area contributed by atoms with E-state index in [2.05, 4.69) is 9.88 Å². The highest BCUT2D eigenvalue weighted by Gasteiger charge is 2.37. The number of hydrogen-bond acceptors (Lipinski definition) is 6. The quantitative estimate of drug-likeness (QED) is 0.822. The summed E-state index contributed by atoms with van der Waals surface area (Å²) in [4.78, 5) is 0.150. The first kappa shape index (κ1) is 16.0. The molecule has 0 aromatic heterocycles. The zero-order chi connectivity index (χ0) is 17.7. The van der Waals surface area contributed by atoms with E-state index in [1.807, 2.05) is 0 Å². The van der Waals surface area contributed by atoms with E-state index in [0.29, 0.717) is 11.1 Å². The highest BCUT2D eigenvalue weighted by molar-refractivity contribution is 7.89. The smallest absolute Gasteiger partial charge is 0.264 e. The van der Waals surface area contributed by atoms with Crippen molar-refractivity contribution in [2.24, 2.45) is 5.16 Å². The van der Waals surface area contributed by atoms with Gasteiger partial charge in [-0.2, -0.15) is 13.1 Å². The molecule has 2 aromatic carbocycles. The number of benzene rings is 2. The summed E-state index contributed by atoms with van der Waals surface area (Å²) in [5.41, 5.74) is 1.30. The van der Waals surface area contributed by atoms with E-state index in [9.17, 15) is 16.8 Å². The van der Waals surface area contributed by atoms with Crippen LogP contribution in [-0.4, -0.2) is 22.5 Å². The Bertz CT molecular complexity index is 1120. The van der Waals surface area contributed by atoms with E-state index in [0.717, 1.165) is 0 Å². The highest BCUT2D eigenvalue weighted by Crippen LogP contribution is 2.37. The van der Waals surface area contributed by atoms with Gasteiger partial charge in [-0.1, -0.05) is 41.6 Å². The molecule has 1 unspecified atom stereocenters. The molecule has 128 valence electrons. The van der Waals surface area contributed by atoms with Crippen molar-refractivity contribution in [2.75, 3.05) is 0 Å². The maximum Gasteiger partial charge on any atom is 0.358 e. The van der Waals surface area contributed by atoms with Crippen molar-refractivity contribution in [2.45, 2.75) is 15.8 Å². The highest BCUT2D eigenvalue weighted by atomic mass is 32.2. The summed E-state index contributed by atoms with van der Waals surface area (Å²) in [5.74, 6) is 0. The normalized spacial score (nSPS) is 21.9. The summed E-state index contributed by atoms with van der Waals surface area (Å²) in [7, 11) is -7.62. The molecule has 4 rings (SSSR count). The predicted molar refractivity (Wildman–Crippen MR) is 89.9 cm³/mol. The van der Waals surface area contributed by atoms with Crippen LogP contribution in [0.25, 0.3) is 0 Å². The van der Waals surface area contributed by atoms with Crippen LogP contribution in [0.5, 0.6) is 0 Å². The van der Waals surface area contributed by atoms with Gasteiger partial charge in [-0.3, -0.25) is 4.28 Å². The van der Waals surface area contributed by atoms with E-state index < -0.39 is 26.2 Å².